The molecule has 0 aliphatic heterocycles. The Bertz CT molecular complexity index is 414. The second-order valence-corrected chi connectivity index (χ2v) is 5.25. The molecule has 0 atom stereocenters. The summed E-state index contributed by atoms with van der Waals surface area (Å²) in [6, 6.07) is 5.28. The van der Waals surface area contributed by atoms with Crippen molar-refractivity contribution in [3.05, 3.63) is 33.8 Å². The molecule has 0 heterocycles. The van der Waals surface area contributed by atoms with Gasteiger partial charge in [0.2, 0.25) is 0 Å². The first-order chi connectivity index (χ1) is 8.16. The zero-order chi connectivity index (χ0) is 12.3. The predicted molar refractivity (Wildman–Crippen MR) is 70.8 cm³/mol. The molecule has 0 saturated heterocycles. The normalized spacial score (nSPS) is 16.8. The monoisotopic (exact) mass is 271 g/mol. The summed E-state index contributed by atoms with van der Waals surface area (Å²) >= 11 is 11.7. The van der Waals surface area contributed by atoms with Crippen LogP contribution < -0.4 is 5.32 Å². The van der Waals surface area contributed by atoms with Crippen LogP contribution in [-0.2, 0) is 0 Å². The Kier molecular flexibility index (Phi) is 4.30. The molecule has 0 radical (unpaired) electrons. The number of rotatable bonds is 2. The fourth-order valence-electron chi connectivity index (χ4n) is 2.15. The van der Waals surface area contributed by atoms with Gasteiger partial charge in [0, 0.05) is 11.6 Å². The number of hydrogen-bond donors (Lipinski definition) is 1. The van der Waals surface area contributed by atoms with Gasteiger partial charge in [0.25, 0.3) is 5.91 Å². The predicted octanol–water partition coefficient (Wildman–Crippen LogP) is 4.06. The summed E-state index contributed by atoms with van der Waals surface area (Å²) in [5.41, 5.74) is 0.574. The standard InChI is InChI=1S/C13H15Cl2NO/c14-11-7-6-9(8-12(11)15)13(17)16-10-4-2-1-3-5-10/h6-8,10H,1-5H2,(H,16,17). The molecule has 1 aromatic rings. The maximum atomic E-state index is 12.0. The Balaban J connectivity index is 2.01. The third-order valence-electron chi connectivity index (χ3n) is 3.12. The molecule has 1 aliphatic rings. The first kappa shape index (κ1) is 12.7. The van der Waals surface area contributed by atoms with Crippen molar-refractivity contribution in [2.45, 2.75) is 38.1 Å². The summed E-state index contributed by atoms with van der Waals surface area (Å²) < 4.78 is 0. The van der Waals surface area contributed by atoms with Crippen LogP contribution in [0.2, 0.25) is 10.0 Å². The quantitative estimate of drug-likeness (QED) is 0.864. The molecule has 2 rings (SSSR count). The van der Waals surface area contributed by atoms with Crippen molar-refractivity contribution in [2.24, 2.45) is 0 Å². The van der Waals surface area contributed by atoms with Gasteiger partial charge in [-0.3, -0.25) is 4.79 Å². The van der Waals surface area contributed by atoms with E-state index in [0.29, 0.717) is 21.7 Å². The minimum absolute atomic E-state index is 0.0598. The topological polar surface area (TPSA) is 29.1 Å². The van der Waals surface area contributed by atoms with E-state index in [1.54, 1.807) is 18.2 Å². The van der Waals surface area contributed by atoms with E-state index in [2.05, 4.69) is 5.32 Å². The van der Waals surface area contributed by atoms with Gasteiger partial charge in [-0.25, -0.2) is 0 Å². The van der Waals surface area contributed by atoms with Crippen molar-refractivity contribution in [3.8, 4) is 0 Å². The molecule has 1 aliphatic carbocycles. The van der Waals surface area contributed by atoms with Crippen LogP contribution in [0, 0.1) is 0 Å². The first-order valence-corrected chi connectivity index (χ1v) is 6.68. The highest BCUT2D eigenvalue weighted by molar-refractivity contribution is 6.42. The minimum atomic E-state index is -0.0598. The zero-order valence-corrected chi connectivity index (χ0v) is 11.0. The molecule has 1 aromatic carbocycles. The third kappa shape index (κ3) is 3.36. The van der Waals surface area contributed by atoms with Gasteiger partial charge >= 0.3 is 0 Å². The highest BCUT2D eigenvalue weighted by Crippen LogP contribution is 2.23. The number of halogens is 2. The minimum Gasteiger partial charge on any atom is -0.349 e. The largest absolute Gasteiger partial charge is 0.349 e. The van der Waals surface area contributed by atoms with Crippen molar-refractivity contribution < 1.29 is 4.79 Å². The van der Waals surface area contributed by atoms with Gasteiger partial charge in [-0.1, -0.05) is 42.5 Å². The highest BCUT2D eigenvalue weighted by atomic mass is 35.5. The van der Waals surface area contributed by atoms with Crippen LogP contribution in [0.5, 0.6) is 0 Å². The lowest BCUT2D eigenvalue weighted by Crippen LogP contribution is -2.36. The molecule has 1 fully saturated rings. The van der Waals surface area contributed by atoms with Gasteiger partial charge in [-0.15, -0.1) is 0 Å². The summed E-state index contributed by atoms with van der Waals surface area (Å²) in [6.07, 6.45) is 5.83. The number of benzene rings is 1. The van der Waals surface area contributed by atoms with Gasteiger partial charge in [0.05, 0.1) is 10.0 Å². The Morgan fingerprint density at radius 1 is 1.12 bits per heavy atom. The van der Waals surface area contributed by atoms with E-state index in [9.17, 15) is 4.79 Å². The van der Waals surface area contributed by atoms with Gasteiger partial charge in [-0.2, -0.15) is 0 Å². The average molecular weight is 272 g/mol. The van der Waals surface area contributed by atoms with Crippen LogP contribution in [0.3, 0.4) is 0 Å². The van der Waals surface area contributed by atoms with E-state index in [1.165, 1.54) is 19.3 Å². The lowest BCUT2D eigenvalue weighted by Gasteiger charge is -2.22. The SMILES string of the molecule is O=C(NC1CCCCC1)c1ccc(Cl)c(Cl)c1. The number of carbonyl (C=O) groups excluding carboxylic acids is 1. The second-order valence-electron chi connectivity index (χ2n) is 4.44. The number of amides is 1. The van der Waals surface area contributed by atoms with Crippen molar-refractivity contribution in [3.63, 3.8) is 0 Å². The zero-order valence-electron chi connectivity index (χ0n) is 9.51. The summed E-state index contributed by atoms with van der Waals surface area (Å²) in [5.74, 6) is -0.0598. The molecule has 4 heteroatoms. The van der Waals surface area contributed by atoms with E-state index in [4.69, 9.17) is 23.2 Å². The summed E-state index contributed by atoms with van der Waals surface area (Å²) in [7, 11) is 0. The van der Waals surface area contributed by atoms with E-state index in [-0.39, 0.29) is 5.91 Å². The van der Waals surface area contributed by atoms with E-state index < -0.39 is 0 Å². The van der Waals surface area contributed by atoms with E-state index in [0.717, 1.165) is 12.8 Å². The fourth-order valence-corrected chi connectivity index (χ4v) is 2.45. The molecule has 1 amide bonds. The van der Waals surface area contributed by atoms with Crippen molar-refractivity contribution in [1.29, 1.82) is 0 Å². The van der Waals surface area contributed by atoms with E-state index >= 15 is 0 Å². The van der Waals surface area contributed by atoms with Gasteiger partial charge in [-0.05, 0) is 31.0 Å². The summed E-state index contributed by atoms with van der Waals surface area (Å²) in [4.78, 5) is 12.0. The molecule has 0 spiro atoms. The number of nitrogens with one attached hydrogen (secondary N) is 1. The molecule has 17 heavy (non-hydrogen) atoms. The number of carbonyl (C=O) groups is 1. The maximum Gasteiger partial charge on any atom is 0.251 e. The molecule has 1 N–H and O–H groups in total. The highest BCUT2D eigenvalue weighted by Gasteiger charge is 2.16. The molecular weight excluding hydrogens is 257 g/mol. The number of hydrogen-bond acceptors (Lipinski definition) is 1. The Labute approximate surface area is 111 Å². The Morgan fingerprint density at radius 2 is 1.82 bits per heavy atom. The lowest BCUT2D eigenvalue weighted by atomic mass is 9.95. The summed E-state index contributed by atoms with van der Waals surface area (Å²) in [5, 5.41) is 3.93. The maximum absolute atomic E-state index is 12.0. The van der Waals surface area contributed by atoms with Crippen molar-refractivity contribution >= 4 is 29.1 Å². The van der Waals surface area contributed by atoms with Crippen molar-refractivity contribution in [2.75, 3.05) is 0 Å². The summed E-state index contributed by atoms with van der Waals surface area (Å²) in [6.45, 7) is 0. The first-order valence-electron chi connectivity index (χ1n) is 5.93. The molecule has 0 aromatic heterocycles. The molecule has 92 valence electrons. The van der Waals surface area contributed by atoms with Crippen LogP contribution in [0.25, 0.3) is 0 Å². The van der Waals surface area contributed by atoms with Gasteiger partial charge in [0.1, 0.15) is 0 Å². The molecule has 0 unspecified atom stereocenters. The molecule has 1 saturated carbocycles. The van der Waals surface area contributed by atoms with Crippen LogP contribution in [0.15, 0.2) is 18.2 Å². The van der Waals surface area contributed by atoms with Crippen LogP contribution in [-0.4, -0.2) is 11.9 Å². The van der Waals surface area contributed by atoms with Crippen LogP contribution in [0.1, 0.15) is 42.5 Å². The Morgan fingerprint density at radius 3 is 2.47 bits per heavy atom. The fraction of sp³-hybridized carbons (Fsp3) is 0.462. The van der Waals surface area contributed by atoms with Gasteiger partial charge < -0.3 is 5.32 Å². The van der Waals surface area contributed by atoms with Crippen LogP contribution >= 0.6 is 23.2 Å². The lowest BCUT2D eigenvalue weighted by molar-refractivity contribution is 0.0927. The van der Waals surface area contributed by atoms with Crippen LogP contribution in [0.4, 0.5) is 0 Å². The molecule has 0 bridgehead atoms. The Hall–Kier alpha value is -0.730. The average Bonchev–Trinajstić information content (AvgIpc) is 2.34. The second kappa shape index (κ2) is 5.74. The van der Waals surface area contributed by atoms with Gasteiger partial charge in [0.15, 0.2) is 0 Å². The smallest absolute Gasteiger partial charge is 0.251 e. The van der Waals surface area contributed by atoms with Crippen molar-refractivity contribution in [1.82, 2.24) is 5.32 Å². The molecular formula is C13H15Cl2NO. The van der Waals surface area contributed by atoms with E-state index in [1.807, 2.05) is 0 Å². The third-order valence-corrected chi connectivity index (χ3v) is 3.86. The molecule has 2 nitrogen and oxygen atoms in total.